The van der Waals surface area contributed by atoms with Crippen molar-refractivity contribution >= 4 is 89.5 Å². The van der Waals surface area contributed by atoms with Crippen LogP contribution in [-0.2, 0) is 98.8 Å². The first-order valence-electron chi connectivity index (χ1n) is 40.5. The molecule has 130 heavy (non-hydrogen) atoms. The summed E-state index contributed by atoms with van der Waals surface area (Å²) in [6.07, 6.45) is -15.2. The summed E-state index contributed by atoms with van der Waals surface area (Å²) in [6.45, 7) is 1.46. The van der Waals surface area contributed by atoms with Crippen LogP contribution in [0.5, 0.6) is 17.2 Å². The largest absolute Gasteiger partial charge is 0.491 e. The minimum Gasteiger partial charge on any atom is -0.491 e. The Balaban J connectivity index is 0.000000173. The number of alkyl halides is 13. The zero-order valence-corrected chi connectivity index (χ0v) is 75.3. The molecule has 2 N–H and O–H groups in total. The zero-order chi connectivity index (χ0) is 94.4. The van der Waals surface area contributed by atoms with E-state index in [1.165, 1.54) is 124 Å². The lowest BCUT2D eigenvalue weighted by atomic mass is 9.89. The van der Waals surface area contributed by atoms with Crippen LogP contribution in [0.1, 0.15) is 180 Å². The van der Waals surface area contributed by atoms with E-state index in [2.05, 4.69) is 67.3 Å². The molecule has 0 spiro atoms. The third-order valence-corrected chi connectivity index (χ3v) is 24.1. The highest BCUT2D eigenvalue weighted by Gasteiger charge is 2.44. The van der Waals surface area contributed by atoms with Crippen LogP contribution >= 0.6 is 47.8 Å². The number of aliphatic hydroxyl groups is 1. The Kier molecular flexibility index (Phi) is 36.0. The van der Waals surface area contributed by atoms with Crippen LogP contribution in [-0.4, -0.2) is 145 Å². The second-order valence-electron chi connectivity index (χ2n) is 30.0. The fraction of sp³-hybridized carbons (Fsp3) is 0.351. The van der Waals surface area contributed by atoms with Crippen molar-refractivity contribution in [1.82, 2.24) is 15.1 Å². The number of aryl methyl sites for hydroxylation is 1. The van der Waals surface area contributed by atoms with Gasteiger partial charge in [-0.3, -0.25) is 9.59 Å². The quantitative estimate of drug-likeness (QED) is 0.0395. The van der Waals surface area contributed by atoms with E-state index in [1.807, 2.05) is 6.07 Å². The van der Waals surface area contributed by atoms with Gasteiger partial charge in [-0.2, -0.15) is 52.7 Å². The molecule has 5 heterocycles. The van der Waals surface area contributed by atoms with E-state index in [4.69, 9.17) is 33.2 Å². The smallest absolute Gasteiger partial charge is 0.416 e. The van der Waals surface area contributed by atoms with E-state index in [9.17, 15) is 91.4 Å². The Morgan fingerprint density at radius 3 is 1.13 bits per heavy atom. The monoisotopic (exact) mass is 2010 g/mol. The third-order valence-electron chi connectivity index (χ3n) is 22.0. The minimum absolute atomic E-state index is 0.0186. The highest BCUT2D eigenvalue weighted by Crippen LogP contribution is 2.45. The number of halogens is 15. The van der Waals surface area contributed by atoms with Gasteiger partial charge in [0.1, 0.15) is 37.1 Å². The van der Waals surface area contributed by atoms with Crippen LogP contribution in [0.15, 0.2) is 197 Å². The molecule has 2 saturated heterocycles. The van der Waals surface area contributed by atoms with Gasteiger partial charge in [0, 0.05) is 88.3 Å². The Morgan fingerprint density at radius 2 is 0.754 bits per heavy atom. The molecule has 0 saturated carbocycles. The number of carbonyl (C=O) groups excluding carboxylic acids is 7. The number of nitrogens with zero attached hydrogens (tertiary/aromatic N) is 2. The van der Waals surface area contributed by atoms with Gasteiger partial charge in [-0.1, -0.05) is 151 Å². The Labute approximate surface area is 765 Å². The van der Waals surface area contributed by atoms with Crippen LogP contribution in [0.25, 0.3) is 0 Å². The molecule has 21 nitrogen and oxygen atoms in total. The molecule has 0 bridgehead atoms. The van der Waals surface area contributed by atoms with Gasteiger partial charge in [-0.05, 0) is 157 Å². The SMILES string of the molecule is COC(=O)c1ccc(CBr)c(Br)c1.COC(=O)c1ccc(CCC(CO)c2ccccc2C(F)(F)F)c(Br)c1.COC(=O)c1ccc2c(c1)OCC(c1ccccc1C(F)(F)F)NC2.COC(=O)c1ccc2c(c1)OC[C@@H](c1ccccc1C(F)(F)F)N(C(=O)C1CCOCC1)C2.COC(=O)c1ccc2c(c1)OC[C@H](c1ccccc1C(F)(F)F)N(C(=O)C1CCOCC1)C2. The number of carbonyl (C=O) groups is 7. The van der Waals surface area contributed by atoms with Crippen LogP contribution in [0.4, 0.5) is 52.7 Å². The van der Waals surface area contributed by atoms with Gasteiger partial charge in [0.05, 0.1) is 117 Å². The number of hydrogen-bond acceptors (Lipinski definition) is 19. The fourth-order valence-corrected chi connectivity index (χ4v) is 17.1. The molecule has 5 aliphatic heterocycles. The second kappa shape index (κ2) is 46.3. The second-order valence-corrected chi connectivity index (χ2v) is 32.3. The molecule has 0 radical (unpaired) electrons. The van der Waals surface area contributed by atoms with Gasteiger partial charge >= 0.3 is 54.6 Å². The van der Waals surface area contributed by atoms with Gasteiger partial charge in [0.2, 0.25) is 11.8 Å². The van der Waals surface area contributed by atoms with E-state index < -0.39 is 94.9 Å². The van der Waals surface area contributed by atoms with E-state index in [-0.39, 0.29) is 103 Å². The normalized spacial score (nSPS) is 16.6. The van der Waals surface area contributed by atoms with Crippen molar-refractivity contribution in [2.24, 2.45) is 11.8 Å². The lowest BCUT2D eigenvalue weighted by Crippen LogP contribution is -2.42. The fourth-order valence-electron chi connectivity index (χ4n) is 15.1. The molecule has 5 aliphatic rings. The summed E-state index contributed by atoms with van der Waals surface area (Å²) in [5.41, 5.74) is 2.86. The molecule has 0 aliphatic carbocycles. The number of methoxy groups -OCH3 is 5. The summed E-state index contributed by atoms with van der Waals surface area (Å²) in [5.74, 6) is -3.02. The highest BCUT2D eigenvalue weighted by molar-refractivity contribution is 9.11. The van der Waals surface area contributed by atoms with E-state index in [1.54, 1.807) is 78.9 Å². The zero-order valence-electron chi connectivity index (χ0n) is 70.5. The average Bonchev–Trinajstić information content (AvgIpc) is 1.51. The van der Waals surface area contributed by atoms with Crippen molar-refractivity contribution in [2.75, 3.05) is 88.4 Å². The van der Waals surface area contributed by atoms with Crippen molar-refractivity contribution in [1.29, 1.82) is 0 Å². The molecular weight excluding hydrogens is 1930 g/mol. The minimum atomic E-state index is -4.58. The van der Waals surface area contributed by atoms with Gasteiger partial charge in [-0.15, -0.1) is 0 Å². The van der Waals surface area contributed by atoms with Crippen molar-refractivity contribution in [3.05, 3.63) is 297 Å². The summed E-state index contributed by atoms with van der Waals surface area (Å²) in [4.78, 5) is 88.1. The molecule has 9 aromatic carbocycles. The summed E-state index contributed by atoms with van der Waals surface area (Å²) in [6, 6.07) is 43.2. The first kappa shape index (κ1) is 101. The number of rotatable bonds is 16. The number of amides is 2. The van der Waals surface area contributed by atoms with Crippen molar-refractivity contribution in [2.45, 2.75) is 112 Å². The van der Waals surface area contributed by atoms with E-state index >= 15 is 0 Å². The third kappa shape index (κ3) is 26.3. The maximum Gasteiger partial charge on any atom is 0.416 e. The van der Waals surface area contributed by atoms with Gasteiger partial charge in [-0.25, -0.2) is 24.0 Å². The van der Waals surface area contributed by atoms with Crippen molar-refractivity contribution in [3.63, 3.8) is 0 Å². The number of fused-ring (bicyclic) bond motifs is 3. The molecule has 14 rings (SSSR count). The molecular formula is C94H90Br3F12N3O18. The lowest BCUT2D eigenvalue weighted by Gasteiger charge is -2.35. The van der Waals surface area contributed by atoms with Crippen LogP contribution in [0.3, 0.4) is 0 Å². The predicted octanol–water partition coefficient (Wildman–Crippen LogP) is 20.6. The summed E-state index contributed by atoms with van der Waals surface area (Å²) >= 11 is 10.1. The van der Waals surface area contributed by atoms with Crippen molar-refractivity contribution < 1.29 is 139 Å². The molecule has 694 valence electrons. The molecule has 9 aromatic rings. The summed E-state index contributed by atoms with van der Waals surface area (Å²) in [7, 11) is 6.45. The topological polar surface area (TPSA) is 251 Å². The molecule has 2 amide bonds. The number of hydrogen-bond donors (Lipinski definition) is 2. The van der Waals surface area contributed by atoms with E-state index in [0.29, 0.717) is 121 Å². The molecule has 2 unspecified atom stereocenters. The Morgan fingerprint density at radius 1 is 0.423 bits per heavy atom. The van der Waals surface area contributed by atoms with Gasteiger partial charge in [0.25, 0.3) is 0 Å². The number of aliphatic hydroxyl groups excluding tert-OH is 1. The van der Waals surface area contributed by atoms with Crippen LogP contribution in [0.2, 0.25) is 0 Å². The standard InChI is InChI=1S/2C24H24F3NO5.C19H18BrF3O3.C18H16F3NO3.C9H8Br2O2/c2*1-31-23(30)16-6-7-17-13-28(22(29)15-8-10-32-11-9-15)20(14-33-21(17)12-16)18-4-2-3-5-19(18)24(25,26)27;1-26-18(25)13-8-6-12(17(20)10-13)7-9-14(11-24)15-4-2-3-5-16(15)19(21,22)23;1-24-17(23)11-6-7-12-9-22-15(10-25-16(12)8-11)13-4-2-3-5-14(13)18(19,20)21;1-13-9(12)6-2-3-7(5-10)8(11)4-6/h2*2-7,12,15,20H,8-11,13-14H2,1H3;2-6,8,10,14,24H,7,9,11H2,1H3;2-8,15,22H,9-10H2,1H3;2-4H,5H2,1H3/t2*20-;;;/m10.../s1. The Bertz CT molecular complexity index is 5290. The lowest BCUT2D eigenvalue weighted by molar-refractivity contribution is -0.145. The highest BCUT2D eigenvalue weighted by atomic mass is 79.9. The maximum absolute atomic E-state index is 13.8. The first-order chi connectivity index (χ1) is 61.9. The molecule has 4 atom stereocenters. The molecule has 2 fully saturated rings. The maximum atomic E-state index is 13.8. The van der Waals surface area contributed by atoms with Crippen molar-refractivity contribution in [3.8, 4) is 17.2 Å². The predicted molar refractivity (Wildman–Crippen MR) is 461 cm³/mol. The first-order valence-corrected chi connectivity index (χ1v) is 43.2. The van der Waals surface area contributed by atoms with Gasteiger partial charge < -0.3 is 67.6 Å². The molecule has 0 aromatic heterocycles. The number of ether oxygens (including phenoxy) is 10. The summed E-state index contributed by atoms with van der Waals surface area (Å²) in [5, 5.41) is 13.5. The summed E-state index contributed by atoms with van der Waals surface area (Å²) < 4.78 is 215. The van der Waals surface area contributed by atoms with Gasteiger partial charge in [0.15, 0.2) is 0 Å². The van der Waals surface area contributed by atoms with Crippen LogP contribution in [0, 0.1) is 11.8 Å². The number of nitrogens with one attached hydrogen (secondary N) is 1. The van der Waals surface area contributed by atoms with E-state index in [0.717, 1.165) is 50.8 Å². The number of benzene rings is 9. The number of esters is 5. The molecule has 36 heteroatoms. The average molecular weight is 2020 g/mol. The Hall–Kier alpha value is -10.9. The van der Waals surface area contributed by atoms with Crippen LogP contribution < -0.4 is 19.5 Å².